The van der Waals surface area contributed by atoms with Crippen LogP contribution in [0.1, 0.15) is 12.0 Å². The number of pyridine rings is 1. The first kappa shape index (κ1) is 18.3. The maximum absolute atomic E-state index is 12.7. The molecule has 0 aromatic carbocycles. The molecule has 1 aromatic heterocycles. The lowest BCUT2D eigenvalue weighted by Crippen LogP contribution is -2.61. The van der Waals surface area contributed by atoms with Crippen molar-refractivity contribution in [3.63, 3.8) is 0 Å². The molecule has 0 spiro atoms. The zero-order valence-electron chi connectivity index (χ0n) is 14.5. The van der Waals surface area contributed by atoms with Gasteiger partial charge in [-0.3, -0.25) is 14.7 Å². The Balaban J connectivity index is 1.66. The Kier molecular flexibility index (Phi) is 5.71. The fourth-order valence-corrected chi connectivity index (χ4v) is 5.78. The number of hydrogen-bond donors (Lipinski definition) is 0. The van der Waals surface area contributed by atoms with Crippen molar-refractivity contribution in [1.29, 1.82) is 0 Å². The number of aryl methyl sites for hydroxylation is 1. The van der Waals surface area contributed by atoms with E-state index in [0.717, 1.165) is 5.56 Å². The van der Waals surface area contributed by atoms with E-state index >= 15 is 0 Å². The zero-order valence-corrected chi connectivity index (χ0v) is 15.3. The zero-order chi connectivity index (χ0) is 17.9. The minimum atomic E-state index is -3.10. The molecule has 25 heavy (non-hydrogen) atoms. The van der Waals surface area contributed by atoms with Gasteiger partial charge in [0.2, 0.25) is 5.91 Å². The Morgan fingerprint density at radius 1 is 1.24 bits per heavy atom. The van der Waals surface area contributed by atoms with E-state index in [-0.39, 0.29) is 29.5 Å². The number of amides is 1. The van der Waals surface area contributed by atoms with E-state index in [1.165, 1.54) is 0 Å². The minimum Gasteiger partial charge on any atom is -0.383 e. The monoisotopic (exact) mass is 367 g/mol. The standard InChI is InChI=1S/C17H25N3O4S/c1-24-11-10-19-8-9-20(16-13-25(22,23)12-15(16)19)17(21)3-2-14-4-6-18-7-5-14/h4-7,15-16H,2-3,8-13H2,1H3. The Hall–Kier alpha value is -1.51. The van der Waals surface area contributed by atoms with Gasteiger partial charge >= 0.3 is 0 Å². The highest BCUT2D eigenvalue weighted by atomic mass is 32.2. The third-order valence-corrected chi connectivity index (χ3v) is 6.77. The summed E-state index contributed by atoms with van der Waals surface area (Å²) >= 11 is 0. The number of piperazine rings is 1. The molecular weight excluding hydrogens is 342 g/mol. The van der Waals surface area contributed by atoms with Crippen molar-refractivity contribution in [2.75, 3.05) is 44.9 Å². The summed E-state index contributed by atoms with van der Waals surface area (Å²) in [7, 11) is -1.46. The number of hydrogen-bond acceptors (Lipinski definition) is 6. The molecule has 2 saturated heterocycles. The van der Waals surface area contributed by atoms with Crippen LogP contribution in [-0.4, -0.2) is 86.0 Å². The first-order valence-electron chi connectivity index (χ1n) is 8.62. The van der Waals surface area contributed by atoms with Crippen LogP contribution in [0.4, 0.5) is 0 Å². The number of nitrogens with zero attached hydrogens (tertiary/aromatic N) is 3. The molecule has 2 atom stereocenters. The predicted octanol–water partition coefficient (Wildman–Crippen LogP) is -0.0296. The lowest BCUT2D eigenvalue weighted by atomic mass is 10.0. The van der Waals surface area contributed by atoms with Crippen molar-refractivity contribution >= 4 is 15.7 Å². The van der Waals surface area contributed by atoms with Gasteiger partial charge in [-0.25, -0.2) is 8.42 Å². The maximum Gasteiger partial charge on any atom is 0.223 e. The molecule has 3 heterocycles. The molecule has 3 rings (SSSR count). The first-order valence-corrected chi connectivity index (χ1v) is 10.4. The lowest BCUT2D eigenvalue weighted by Gasteiger charge is -2.44. The largest absolute Gasteiger partial charge is 0.383 e. The van der Waals surface area contributed by atoms with E-state index < -0.39 is 9.84 Å². The molecule has 2 fully saturated rings. The van der Waals surface area contributed by atoms with Gasteiger partial charge in [0, 0.05) is 51.6 Å². The number of ether oxygens (including phenoxy) is 1. The van der Waals surface area contributed by atoms with Crippen molar-refractivity contribution in [2.45, 2.75) is 24.9 Å². The van der Waals surface area contributed by atoms with Gasteiger partial charge in [-0.2, -0.15) is 0 Å². The molecule has 7 nitrogen and oxygen atoms in total. The van der Waals surface area contributed by atoms with Gasteiger partial charge in [0.05, 0.1) is 24.2 Å². The van der Waals surface area contributed by atoms with Crippen LogP contribution in [0.15, 0.2) is 24.5 Å². The van der Waals surface area contributed by atoms with Gasteiger partial charge in [0.1, 0.15) is 0 Å². The average Bonchev–Trinajstić information content (AvgIpc) is 2.93. The highest BCUT2D eigenvalue weighted by molar-refractivity contribution is 7.91. The van der Waals surface area contributed by atoms with E-state index in [4.69, 9.17) is 4.74 Å². The Bertz CT molecular complexity index is 695. The van der Waals surface area contributed by atoms with Crippen LogP contribution in [0.5, 0.6) is 0 Å². The Morgan fingerprint density at radius 2 is 1.96 bits per heavy atom. The highest BCUT2D eigenvalue weighted by Gasteiger charge is 2.47. The number of rotatable bonds is 6. The van der Waals surface area contributed by atoms with E-state index in [9.17, 15) is 13.2 Å². The molecule has 2 unspecified atom stereocenters. The normalized spacial score (nSPS) is 25.7. The fraction of sp³-hybridized carbons (Fsp3) is 0.647. The summed E-state index contributed by atoms with van der Waals surface area (Å²) in [6, 6.07) is 3.46. The molecular formula is C17H25N3O4S. The summed E-state index contributed by atoms with van der Waals surface area (Å²) in [5.74, 6) is 0.243. The Morgan fingerprint density at radius 3 is 2.68 bits per heavy atom. The van der Waals surface area contributed by atoms with E-state index in [2.05, 4.69) is 9.88 Å². The van der Waals surface area contributed by atoms with Crippen LogP contribution in [0.25, 0.3) is 0 Å². The lowest BCUT2D eigenvalue weighted by molar-refractivity contribution is -0.137. The number of aromatic nitrogens is 1. The number of carbonyl (C=O) groups is 1. The molecule has 0 bridgehead atoms. The Labute approximate surface area is 148 Å². The molecule has 2 aliphatic heterocycles. The average molecular weight is 367 g/mol. The van der Waals surface area contributed by atoms with Crippen LogP contribution >= 0.6 is 0 Å². The van der Waals surface area contributed by atoms with Crippen LogP contribution in [-0.2, 0) is 25.8 Å². The number of fused-ring (bicyclic) bond motifs is 1. The third kappa shape index (κ3) is 4.37. The number of carbonyl (C=O) groups excluding carboxylic acids is 1. The van der Waals surface area contributed by atoms with Crippen molar-refractivity contribution in [3.8, 4) is 0 Å². The van der Waals surface area contributed by atoms with E-state index in [0.29, 0.717) is 39.1 Å². The smallest absolute Gasteiger partial charge is 0.223 e. The summed E-state index contributed by atoms with van der Waals surface area (Å²) in [6.07, 6.45) is 4.47. The second-order valence-corrected chi connectivity index (χ2v) is 8.84. The fourth-order valence-electron chi connectivity index (χ4n) is 3.76. The predicted molar refractivity (Wildman–Crippen MR) is 93.9 cm³/mol. The van der Waals surface area contributed by atoms with Crippen molar-refractivity contribution < 1.29 is 17.9 Å². The maximum atomic E-state index is 12.7. The summed E-state index contributed by atoms with van der Waals surface area (Å²) in [4.78, 5) is 20.6. The van der Waals surface area contributed by atoms with Crippen molar-refractivity contribution in [1.82, 2.24) is 14.8 Å². The van der Waals surface area contributed by atoms with Gasteiger partial charge in [0.25, 0.3) is 0 Å². The molecule has 2 aliphatic rings. The summed E-state index contributed by atoms with van der Waals surface area (Å²) < 4.78 is 29.5. The van der Waals surface area contributed by atoms with Gasteiger partial charge in [0.15, 0.2) is 9.84 Å². The van der Waals surface area contributed by atoms with Crippen molar-refractivity contribution in [3.05, 3.63) is 30.1 Å². The van der Waals surface area contributed by atoms with Crippen LogP contribution in [0.2, 0.25) is 0 Å². The molecule has 0 aliphatic carbocycles. The molecule has 8 heteroatoms. The highest BCUT2D eigenvalue weighted by Crippen LogP contribution is 2.27. The van der Waals surface area contributed by atoms with Gasteiger partial charge in [-0.15, -0.1) is 0 Å². The third-order valence-electron chi connectivity index (χ3n) is 5.07. The van der Waals surface area contributed by atoms with E-state index in [1.54, 1.807) is 24.4 Å². The molecule has 138 valence electrons. The van der Waals surface area contributed by atoms with Crippen molar-refractivity contribution in [2.24, 2.45) is 0 Å². The van der Waals surface area contributed by atoms with Crippen LogP contribution in [0, 0.1) is 0 Å². The topological polar surface area (TPSA) is 79.8 Å². The first-order chi connectivity index (χ1) is 12.0. The number of sulfone groups is 1. The number of methoxy groups -OCH3 is 1. The molecule has 0 N–H and O–H groups in total. The van der Waals surface area contributed by atoms with Gasteiger partial charge in [-0.05, 0) is 24.1 Å². The van der Waals surface area contributed by atoms with Gasteiger partial charge in [-0.1, -0.05) is 0 Å². The molecule has 0 saturated carbocycles. The molecule has 1 amide bonds. The van der Waals surface area contributed by atoms with Crippen LogP contribution in [0.3, 0.4) is 0 Å². The summed E-state index contributed by atoms with van der Waals surface area (Å²) in [6.45, 7) is 2.54. The SMILES string of the molecule is COCCN1CCN(C(=O)CCc2ccncc2)C2CS(=O)(=O)CC21. The molecule has 0 radical (unpaired) electrons. The summed E-state index contributed by atoms with van der Waals surface area (Å²) in [5.41, 5.74) is 1.07. The second-order valence-electron chi connectivity index (χ2n) is 6.68. The van der Waals surface area contributed by atoms with Gasteiger partial charge < -0.3 is 9.64 Å². The molecule has 1 aromatic rings. The second kappa shape index (κ2) is 7.80. The van der Waals surface area contributed by atoms with Crippen LogP contribution < -0.4 is 0 Å². The quantitative estimate of drug-likeness (QED) is 0.703. The minimum absolute atomic E-state index is 0.0373. The summed E-state index contributed by atoms with van der Waals surface area (Å²) in [5, 5.41) is 0. The van der Waals surface area contributed by atoms with E-state index in [1.807, 2.05) is 12.1 Å².